The van der Waals surface area contributed by atoms with Gasteiger partial charge in [0.2, 0.25) is 10.0 Å². The predicted octanol–water partition coefficient (Wildman–Crippen LogP) is 3.86. The molecule has 0 unspecified atom stereocenters. The molecule has 168 valence electrons. The van der Waals surface area contributed by atoms with E-state index in [1.165, 1.54) is 4.31 Å². The second-order valence-electron chi connectivity index (χ2n) is 7.85. The lowest BCUT2D eigenvalue weighted by Crippen LogP contribution is -2.40. The van der Waals surface area contributed by atoms with Gasteiger partial charge in [0, 0.05) is 25.0 Å². The summed E-state index contributed by atoms with van der Waals surface area (Å²) in [5, 5.41) is 3.50. The second kappa shape index (κ2) is 9.42. The number of carbonyl (C=O) groups excluding carboxylic acids is 1. The van der Waals surface area contributed by atoms with Crippen LogP contribution in [0.4, 0.5) is 4.39 Å². The maximum atomic E-state index is 14.4. The van der Waals surface area contributed by atoms with E-state index in [1.807, 2.05) is 13.8 Å². The molecule has 0 saturated carbocycles. The van der Waals surface area contributed by atoms with Crippen molar-refractivity contribution in [3.63, 3.8) is 0 Å². The minimum atomic E-state index is -3.85. The van der Waals surface area contributed by atoms with Crippen molar-refractivity contribution in [3.05, 3.63) is 63.4 Å². The van der Waals surface area contributed by atoms with Crippen molar-refractivity contribution in [2.24, 2.45) is 0 Å². The van der Waals surface area contributed by atoms with Crippen molar-refractivity contribution in [2.45, 2.75) is 24.2 Å². The molecule has 0 bridgehead atoms. The van der Waals surface area contributed by atoms with Gasteiger partial charge in [-0.25, -0.2) is 12.8 Å². The fourth-order valence-electron chi connectivity index (χ4n) is 3.19. The van der Waals surface area contributed by atoms with Crippen LogP contribution in [0.25, 0.3) is 0 Å². The summed E-state index contributed by atoms with van der Waals surface area (Å²) in [6, 6.07) is 8.41. The largest absolute Gasteiger partial charge is 0.379 e. The number of carbonyl (C=O) groups is 1. The third-order valence-corrected chi connectivity index (χ3v) is 7.82. The number of nitrogens with one attached hydrogen (secondary N) is 1. The maximum absolute atomic E-state index is 14.4. The first kappa shape index (κ1) is 23.9. The van der Waals surface area contributed by atoms with Crippen molar-refractivity contribution in [1.29, 1.82) is 0 Å². The number of ether oxygens (including phenoxy) is 1. The number of nitrogens with zero attached hydrogens (tertiary/aromatic N) is 1. The highest BCUT2D eigenvalue weighted by Gasteiger charge is 2.28. The molecule has 1 N–H and O–H groups in total. The van der Waals surface area contributed by atoms with Gasteiger partial charge in [0.1, 0.15) is 5.82 Å². The minimum Gasteiger partial charge on any atom is -0.379 e. The lowest BCUT2D eigenvalue weighted by molar-refractivity contribution is 0.0730. The topological polar surface area (TPSA) is 75.7 Å². The molecule has 1 saturated heterocycles. The lowest BCUT2D eigenvalue weighted by atomic mass is 9.84. The van der Waals surface area contributed by atoms with E-state index in [1.54, 1.807) is 18.2 Å². The Labute approximate surface area is 191 Å². The number of halogens is 3. The van der Waals surface area contributed by atoms with Crippen molar-refractivity contribution < 1.29 is 22.3 Å². The molecule has 0 aliphatic carbocycles. The molecule has 1 amide bonds. The molecule has 0 aromatic heterocycles. The van der Waals surface area contributed by atoms with E-state index < -0.39 is 27.2 Å². The smallest absolute Gasteiger partial charge is 0.254 e. The molecule has 2 aromatic carbocycles. The maximum Gasteiger partial charge on any atom is 0.254 e. The van der Waals surface area contributed by atoms with Gasteiger partial charge in [0.25, 0.3) is 5.91 Å². The van der Waals surface area contributed by atoms with Crippen molar-refractivity contribution >= 4 is 39.1 Å². The van der Waals surface area contributed by atoms with Gasteiger partial charge in [0.15, 0.2) is 0 Å². The highest BCUT2D eigenvalue weighted by molar-refractivity contribution is 7.89. The highest BCUT2D eigenvalue weighted by Crippen LogP contribution is 2.29. The average molecular weight is 489 g/mol. The molecule has 6 nitrogen and oxygen atoms in total. The lowest BCUT2D eigenvalue weighted by Gasteiger charge is -2.27. The first-order valence-corrected chi connectivity index (χ1v) is 11.8. The van der Waals surface area contributed by atoms with Crippen LogP contribution in [-0.4, -0.2) is 51.5 Å². The third kappa shape index (κ3) is 5.38. The molecule has 1 aliphatic rings. The molecule has 1 aliphatic heterocycles. The van der Waals surface area contributed by atoms with Crippen molar-refractivity contribution in [2.75, 3.05) is 32.8 Å². The van der Waals surface area contributed by atoms with E-state index in [0.29, 0.717) is 10.0 Å². The van der Waals surface area contributed by atoms with Crippen molar-refractivity contribution in [1.82, 2.24) is 9.62 Å². The highest BCUT2D eigenvalue weighted by atomic mass is 35.5. The van der Waals surface area contributed by atoms with E-state index in [2.05, 4.69) is 5.32 Å². The Balaban J connectivity index is 1.78. The molecule has 31 heavy (non-hydrogen) atoms. The number of hydrogen-bond donors (Lipinski definition) is 1. The SMILES string of the molecule is CC(C)(CNC(=O)c1cc(S(=O)(=O)N2CCOCC2)ccc1F)c1ccc(Cl)c(Cl)c1. The molecule has 0 radical (unpaired) electrons. The Morgan fingerprint density at radius 2 is 1.81 bits per heavy atom. The van der Waals surface area contributed by atoms with E-state index in [4.69, 9.17) is 27.9 Å². The molecular formula is C21H23Cl2FN2O4S. The molecule has 2 aromatic rings. The van der Waals surface area contributed by atoms with Crippen LogP contribution < -0.4 is 5.32 Å². The summed E-state index contributed by atoms with van der Waals surface area (Å²) in [7, 11) is -3.85. The quantitative estimate of drug-likeness (QED) is 0.669. The van der Waals surface area contributed by atoms with Crippen LogP contribution in [0.15, 0.2) is 41.3 Å². The molecule has 1 fully saturated rings. The van der Waals surface area contributed by atoms with E-state index >= 15 is 0 Å². The van der Waals surface area contributed by atoms with Gasteiger partial charge < -0.3 is 10.1 Å². The summed E-state index contributed by atoms with van der Waals surface area (Å²) in [6.45, 7) is 4.95. The number of rotatable bonds is 6. The Bertz CT molecular complexity index is 1090. The van der Waals surface area contributed by atoms with Gasteiger partial charge in [-0.15, -0.1) is 0 Å². The number of morpholine rings is 1. The second-order valence-corrected chi connectivity index (χ2v) is 10.6. The predicted molar refractivity (Wildman–Crippen MR) is 118 cm³/mol. The first-order chi connectivity index (χ1) is 14.5. The number of hydrogen-bond acceptors (Lipinski definition) is 4. The molecule has 0 atom stereocenters. The monoisotopic (exact) mass is 488 g/mol. The van der Waals surface area contributed by atoms with E-state index in [-0.39, 0.29) is 43.3 Å². The van der Waals surface area contributed by atoms with Gasteiger partial charge in [0.05, 0.1) is 33.7 Å². The zero-order valence-electron chi connectivity index (χ0n) is 17.1. The molecular weight excluding hydrogens is 466 g/mol. The summed E-state index contributed by atoms with van der Waals surface area (Å²) in [6.07, 6.45) is 0. The third-order valence-electron chi connectivity index (χ3n) is 5.18. The fourth-order valence-corrected chi connectivity index (χ4v) is 4.92. The van der Waals surface area contributed by atoms with Crippen LogP contribution in [0.1, 0.15) is 29.8 Å². The minimum absolute atomic E-state index is 0.135. The summed E-state index contributed by atoms with van der Waals surface area (Å²) in [4.78, 5) is 12.6. The zero-order chi connectivity index (χ0) is 22.8. The van der Waals surface area contributed by atoms with Gasteiger partial charge in [-0.2, -0.15) is 4.31 Å². The fraction of sp³-hybridized carbons (Fsp3) is 0.381. The first-order valence-electron chi connectivity index (χ1n) is 9.63. The summed E-state index contributed by atoms with van der Waals surface area (Å²) in [5.41, 5.74) is -0.0247. The zero-order valence-corrected chi connectivity index (χ0v) is 19.5. The molecule has 0 spiro atoms. The Kier molecular flexibility index (Phi) is 7.28. The molecule has 1 heterocycles. The Hall–Kier alpha value is -1.71. The standard InChI is InChI=1S/C21H23Cl2FN2O4S/c1-21(2,14-3-5-17(22)18(23)11-14)13-25-20(27)16-12-15(4-6-19(16)24)31(28,29)26-7-9-30-10-8-26/h3-6,11-12H,7-10,13H2,1-2H3,(H,25,27). The van der Waals surface area contributed by atoms with E-state index in [9.17, 15) is 17.6 Å². The molecule has 3 rings (SSSR count). The Morgan fingerprint density at radius 3 is 2.45 bits per heavy atom. The van der Waals surface area contributed by atoms with Gasteiger partial charge in [-0.3, -0.25) is 4.79 Å². The van der Waals surface area contributed by atoms with Crippen LogP contribution in [0.2, 0.25) is 10.0 Å². The van der Waals surface area contributed by atoms with Crippen LogP contribution in [0.5, 0.6) is 0 Å². The number of amides is 1. The average Bonchev–Trinajstić information content (AvgIpc) is 2.74. The van der Waals surface area contributed by atoms with Crippen LogP contribution in [0, 0.1) is 5.82 Å². The molecule has 10 heteroatoms. The number of sulfonamides is 1. The summed E-state index contributed by atoms with van der Waals surface area (Å²) in [5.74, 6) is -1.50. The van der Waals surface area contributed by atoms with Crippen molar-refractivity contribution in [3.8, 4) is 0 Å². The number of benzene rings is 2. The Morgan fingerprint density at radius 1 is 1.13 bits per heavy atom. The van der Waals surface area contributed by atoms with Gasteiger partial charge >= 0.3 is 0 Å². The van der Waals surface area contributed by atoms with Crippen LogP contribution in [0.3, 0.4) is 0 Å². The van der Waals surface area contributed by atoms with Crippen LogP contribution in [-0.2, 0) is 20.2 Å². The van der Waals surface area contributed by atoms with E-state index in [0.717, 1.165) is 23.8 Å². The van der Waals surface area contributed by atoms with Gasteiger partial charge in [-0.1, -0.05) is 43.1 Å². The normalized spacial score (nSPS) is 15.6. The summed E-state index contributed by atoms with van der Waals surface area (Å²) >= 11 is 12.0. The van der Waals surface area contributed by atoms with Crippen LogP contribution >= 0.6 is 23.2 Å². The summed E-state index contributed by atoms with van der Waals surface area (Å²) < 4.78 is 46.5. The van der Waals surface area contributed by atoms with Gasteiger partial charge in [-0.05, 0) is 35.9 Å².